The van der Waals surface area contributed by atoms with Crippen LogP contribution in [0.2, 0.25) is 0 Å². The third-order valence-electron chi connectivity index (χ3n) is 7.77. The number of halogens is 5. The van der Waals surface area contributed by atoms with E-state index in [2.05, 4.69) is 10.2 Å². The topological polar surface area (TPSA) is 65.1 Å². The summed E-state index contributed by atoms with van der Waals surface area (Å²) in [6.07, 6.45) is -3.48. The average molecular weight is 609 g/mol. The van der Waals surface area contributed by atoms with Gasteiger partial charge in [0.1, 0.15) is 17.2 Å². The van der Waals surface area contributed by atoms with Crippen LogP contribution in [0.5, 0.6) is 0 Å². The van der Waals surface area contributed by atoms with E-state index in [1.54, 1.807) is 26.8 Å². The molecule has 0 unspecified atom stereocenters. The van der Waals surface area contributed by atoms with Gasteiger partial charge in [-0.25, -0.2) is 13.6 Å². The summed E-state index contributed by atoms with van der Waals surface area (Å²) in [4.78, 5) is 31.3. The van der Waals surface area contributed by atoms with Crippen molar-refractivity contribution in [1.82, 2.24) is 9.80 Å². The highest BCUT2D eigenvalue weighted by Gasteiger charge is 2.36. The van der Waals surface area contributed by atoms with Crippen molar-refractivity contribution in [2.24, 2.45) is 0 Å². The summed E-state index contributed by atoms with van der Waals surface area (Å²) in [5.41, 5.74) is -1.65. The molecule has 1 saturated heterocycles. The molecule has 2 aliphatic heterocycles. The molecule has 0 aromatic heterocycles. The average Bonchev–Trinajstić information content (AvgIpc) is 2.90. The first-order valence-corrected chi connectivity index (χ1v) is 14.1. The van der Waals surface area contributed by atoms with Crippen LogP contribution in [0.4, 0.5) is 38.1 Å². The molecule has 2 aromatic rings. The number of alkyl halides is 3. The van der Waals surface area contributed by atoms with Gasteiger partial charge >= 0.3 is 12.3 Å². The first-order chi connectivity index (χ1) is 19.9. The van der Waals surface area contributed by atoms with E-state index in [1.165, 1.54) is 17.0 Å². The second-order valence-electron chi connectivity index (χ2n) is 12.2. The third kappa shape index (κ3) is 7.46. The summed E-state index contributed by atoms with van der Waals surface area (Å²) in [5, 5.41) is 2.56. The van der Waals surface area contributed by atoms with Crippen LogP contribution in [0.3, 0.4) is 0 Å². The van der Waals surface area contributed by atoms with E-state index in [1.807, 2.05) is 25.8 Å². The smallest absolute Gasteiger partial charge is 0.417 e. The molecule has 7 nitrogen and oxygen atoms in total. The number of likely N-dealkylation sites (N-methyl/N-ethyl adjacent to an activating group) is 1. The number of carbonyl (C=O) groups excluding carboxylic acids is 2. The molecule has 0 aliphatic carbocycles. The van der Waals surface area contributed by atoms with Gasteiger partial charge in [-0.2, -0.15) is 13.2 Å². The van der Waals surface area contributed by atoms with Crippen LogP contribution >= 0.6 is 0 Å². The van der Waals surface area contributed by atoms with Crippen molar-refractivity contribution < 1.29 is 36.3 Å². The Hall–Kier alpha value is -3.67. The molecule has 0 radical (unpaired) electrons. The van der Waals surface area contributed by atoms with Gasteiger partial charge in [0.2, 0.25) is 0 Å². The van der Waals surface area contributed by atoms with E-state index in [9.17, 15) is 27.2 Å². The fraction of sp³-hybridized carbons (Fsp3) is 0.484. The lowest BCUT2D eigenvalue weighted by molar-refractivity contribution is -0.138. The van der Waals surface area contributed by atoms with Crippen molar-refractivity contribution in [3.8, 4) is 0 Å². The number of carbonyl (C=O) groups is 2. The lowest BCUT2D eigenvalue weighted by atomic mass is 9.97. The summed E-state index contributed by atoms with van der Waals surface area (Å²) >= 11 is 0. The van der Waals surface area contributed by atoms with Crippen molar-refractivity contribution in [1.29, 1.82) is 0 Å². The number of nitrogens with one attached hydrogen (secondary N) is 1. The molecular formula is C31H37F5N4O3. The van der Waals surface area contributed by atoms with E-state index in [-0.39, 0.29) is 42.5 Å². The lowest BCUT2D eigenvalue weighted by Gasteiger charge is -2.44. The molecule has 0 saturated carbocycles. The molecule has 0 bridgehead atoms. The Morgan fingerprint density at radius 1 is 1.00 bits per heavy atom. The summed E-state index contributed by atoms with van der Waals surface area (Å²) in [6.45, 7) is 10.7. The molecule has 2 aliphatic rings. The zero-order valence-electron chi connectivity index (χ0n) is 25.1. The van der Waals surface area contributed by atoms with Gasteiger partial charge in [0.25, 0.3) is 5.91 Å². The number of rotatable bonds is 4. The van der Waals surface area contributed by atoms with E-state index in [0.29, 0.717) is 30.8 Å². The molecular weight excluding hydrogens is 571 g/mol. The number of ether oxygens (including phenoxy) is 1. The van der Waals surface area contributed by atoms with Gasteiger partial charge in [-0.05, 0) is 84.0 Å². The Labute approximate surface area is 248 Å². The van der Waals surface area contributed by atoms with Crippen LogP contribution in [0.25, 0.3) is 5.57 Å². The molecule has 43 heavy (non-hydrogen) atoms. The molecule has 1 N–H and O–H groups in total. The van der Waals surface area contributed by atoms with Crippen LogP contribution in [-0.2, 0) is 10.9 Å². The molecule has 2 aromatic carbocycles. The monoisotopic (exact) mass is 608 g/mol. The Morgan fingerprint density at radius 2 is 1.65 bits per heavy atom. The van der Waals surface area contributed by atoms with Gasteiger partial charge in [-0.15, -0.1) is 0 Å². The van der Waals surface area contributed by atoms with Crippen LogP contribution in [-0.4, -0.2) is 72.7 Å². The SMILES string of the molecule is C[C@@H]1CN(c2cc(F)c(C3=CCN(C(=O)OC(C)(C)C)CC3)cc2NC(=O)c2ccc(F)cc2C(F)(F)F)C[C@H](C)N1C. The van der Waals surface area contributed by atoms with Gasteiger partial charge in [-0.3, -0.25) is 9.69 Å². The van der Waals surface area contributed by atoms with E-state index < -0.39 is 46.5 Å². The summed E-state index contributed by atoms with van der Waals surface area (Å²) in [7, 11) is 1.97. The first kappa shape index (κ1) is 32.2. The quantitative estimate of drug-likeness (QED) is 0.388. The predicted molar refractivity (Wildman–Crippen MR) is 155 cm³/mol. The van der Waals surface area contributed by atoms with E-state index >= 15 is 4.39 Å². The first-order valence-electron chi connectivity index (χ1n) is 14.1. The summed E-state index contributed by atoms with van der Waals surface area (Å²) < 4.78 is 76.0. The van der Waals surface area contributed by atoms with Crippen molar-refractivity contribution in [3.63, 3.8) is 0 Å². The molecule has 4 rings (SSSR count). The van der Waals surface area contributed by atoms with Crippen LogP contribution in [0, 0.1) is 11.6 Å². The molecule has 1 fully saturated rings. The zero-order valence-corrected chi connectivity index (χ0v) is 25.1. The third-order valence-corrected chi connectivity index (χ3v) is 7.77. The molecule has 0 spiro atoms. The van der Waals surface area contributed by atoms with E-state index in [0.717, 1.165) is 12.1 Å². The molecule has 2 atom stereocenters. The second kappa shape index (κ2) is 12.1. The van der Waals surface area contributed by atoms with Crippen molar-refractivity contribution in [2.45, 2.75) is 64.9 Å². The fourth-order valence-corrected chi connectivity index (χ4v) is 5.32. The number of piperazine rings is 1. The standard InChI is InChI=1S/C31H37F5N4O3/c1-18-16-40(17-19(2)38(18)6)27-15-25(33)23(20-9-11-39(12-10-20)29(42)43-30(3,4)5)14-26(27)37-28(41)22-8-7-21(32)13-24(22)31(34,35)36/h7-9,13-15,18-19H,10-12,16-17H2,1-6H3,(H,37,41)/t18-,19+. The predicted octanol–water partition coefficient (Wildman–Crippen LogP) is 6.79. The normalized spacial score (nSPS) is 20.1. The minimum Gasteiger partial charge on any atom is -0.444 e. The number of hydrogen-bond donors (Lipinski definition) is 1. The zero-order chi connectivity index (χ0) is 31.9. The van der Waals surface area contributed by atoms with Gasteiger partial charge in [0.05, 0.1) is 22.5 Å². The fourth-order valence-electron chi connectivity index (χ4n) is 5.32. The van der Waals surface area contributed by atoms with Crippen LogP contribution in [0.1, 0.15) is 62.5 Å². The van der Waals surface area contributed by atoms with Gasteiger partial charge in [0, 0.05) is 43.8 Å². The Bertz CT molecular complexity index is 1410. The molecule has 2 amide bonds. The minimum atomic E-state index is -4.97. The number of hydrogen-bond acceptors (Lipinski definition) is 5. The lowest BCUT2D eigenvalue weighted by Crippen LogP contribution is -2.55. The molecule has 234 valence electrons. The Kier molecular flexibility index (Phi) is 9.10. The minimum absolute atomic E-state index is 0.0730. The largest absolute Gasteiger partial charge is 0.444 e. The van der Waals surface area contributed by atoms with Gasteiger partial charge < -0.3 is 19.9 Å². The number of benzene rings is 2. The van der Waals surface area contributed by atoms with Crippen LogP contribution in [0.15, 0.2) is 36.4 Å². The maximum Gasteiger partial charge on any atom is 0.417 e. The maximum atomic E-state index is 15.8. The maximum absolute atomic E-state index is 15.8. The second-order valence-corrected chi connectivity index (χ2v) is 12.2. The number of anilines is 2. The van der Waals surface area contributed by atoms with Crippen molar-refractivity contribution in [2.75, 3.05) is 43.4 Å². The Balaban J connectivity index is 1.72. The highest BCUT2D eigenvalue weighted by atomic mass is 19.4. The van der Waals surface area contributed by atoms with Gasteiger partial charge in [0.15, 0.2) is 0 Å². The number of nitrogens with zero attached hydrogens (tertiary/aromatic N) is 3. The van der Waals surface area contributed by atoms with Crippen molar-refractivity contribution >= 4 is 28.9 Å². The summed E-state index contributed by atoms with van der Waals surface area (Å²) in [6, 6.07) is 4.70. The van der Waals surface area contributed by atoms with Gasteiger partial charge in [-0.1, -0.05) is 6.08 Å². The van der Waals surface area contributed by atoms with Crippen molar-refractivity contribution in [3.05, 3.63) is 64.7 Å². The number of amides is 2. The summed E-state index contributed by atoms with van der Waals surface area (Å²) in [5.74, 6) is -2.80. The molecule has 2 heterocycles. The highest BCUT2D eigenvalue weighted by Crippen LogP contribution is 2.38. The van der Waals surface area contributed by atoms with E-state index in [4.69, 9.17) is 4.74 Å². The Morgan fingerprint density at radius 3 is 2.21 bits per heavy atom. The molecule has 12 heteroatoms. The highest BCUT2D eigenvalue weighted by molar-refractivity contribution is 6.07. The van der Waals surface area contributed by atoms with Crippen LogP contribution < -0.4 is 10.2 Å².